The minimum absolute atomic E-state index is 0.123. The lowest BCUT2D eigenvalue weighted by Crippen LogP contribution is -2.38. The summed E-state index contributed by atoms with van der Waals surface area (Å²) < 4.78 is 3.23. The van der Waals surface area contributed by atoms with Gasteiger partial charge in [-0.25, -0.2) is 9.98 Å². The molecule has 0 bridgehead atoms. The topological polar surface area (TPSA) is 54.2 Å². The molecule has 3 rings (SSSR count). The number of halogens is 1. The Balaban J connectivity index is 1.70. The van der Waals surface area contributed by atoms with Crippen LogP contribution in [0, 0.1) is 0 Å². The van der Waals surface area contributed by atoms with E-state index in [4.69, 9.17) is 4.99 Å². The first kappa shape index (κ1) is 20.1. The van der Waals surface area contributed by atoms with Crippen LogP contribution in [-0.2, 0) is 13.1 Å². The molecule has 0 spiro atoms. The first-order chi connectivity index (χ1) is 13.7. The van der Waals surface area contributed by atoms with Gasteiger partial charge < -0.3 is 15.2 Å². The Labute approximate surface area is 175 Å². The molecular weight excluding hydrogens is 414 g/mol. The molecule has 0 saturated carbocycles. The van der Waals surface area contributed by atoms with Crippen molar-refractivity contribution in [2.45, 2.75) is 33.0 Å². The largest absolute Gasteiger partial charge is 0.357 e. The van der Waals surface area contributed by atoms with E-state index in [0.717, 1.165) is 29.3 Å². The molecule has 1 aromatic heterocycles. The number of aliphatic imine (C=N–C) groups is 1. The maximum absolute atomic E-state index is 4.75. The number of nitrogens with zero attached hydrogens (tertiary/aromatic N) is 3. The summed E-state index contributed by atoms with van der Waals surface area (Å²) in [6.07, 6.45) is 3.83. The number of hydrogen-bond acceptors (Lipinski definition) is 2. The van der Waals surface area contributed by atoms with Gasteiger partial charge in [-0.3, -0.25) is 0 Å². The summed E-state index contributed by atoms with van der Waals surface area (Å²) in [6.45, 7) is 6.30. The van der Waals surface area contributed by atoms with E-state index in [-0.39, 0.29) is 6.04 Å². The van der Waals surface area contributed by atoms with E-state index in [2.05, 4.69) is 86.4 Å². The second kappa shape index (κ2) is 10.1. The quantitative estimate of drug-likeness (QED) is 0.420. The predicted molar refractivity (Wildman–Crippen MR) is 118 cm³/mol. The standard InChI is InChI=1S/C22H26BrN5/c1-3-24-22(27-17(2)19-11-7-8-12-20(19)23)26-15-21-25-13-14-28(21)16-18-9-5-4-6-10-18/h4-14,17H,3,15-16H2,1-2H3,(H2,24,26,27). The molecule has 0 aliphatic rings. The maximum atomic E-state index is 4.75. The number of guanidine groups is 1. The smallest absolute Gasteiger partial charge is 0.192 e. The van der Waals surface area contributed by atoms with Gasteiger partial charge in [-0.1, -0.05) is 64.5 Å². The van der Waals surface area contributed by atoms with E-state index < -0.39 is 0 Å². The minimum Gasteiger partial charge on any atom is -0.357 e. The molecule has 2 aromatic carbocycles. The summed E-state index contributed by atoms with van der Waals surface area (Å²) in [7, 11) is 0. The van der Waals surface area contributed by atoms with Gasteiger partial charge in [0, 0.05) is 30.0 Å². The van der Waals surface area contributed by atoms with E-state index in [1.165, 1.54) is 11.1 Å². The normalized spacial score (nSPS) is 12.6. The number of aromatic nitrogens is 2. The number of rotatable bonds is 7. The van der Waals surface area contributed by atoms with Crippen LogP contribution in [0.3, 0.4) is 0 Å². The van der Waals surface area contributed by atoms with Crippen molar-refractivity contribution < 1.29 is 0 Å². The van der Waals surface area contributed by atoms with Crippen LogP contribution in [0.25, 0.3) is 0 Å². The SMILES string of the molecule is CCNC(=NCc1nccn1Cc1ccccc1)NC(C)c1ccccc1Br. The van der Waals surface area contributed by atoms with Gasteiger partial charge in [-0.2, -0.15) is 0 Å². The molecule has 6 heteroatoms. The summed E-state index contributed by atoms with van der Waals surface area (Å²) in [4.78, 5) is 9.24. The third kappa shape index (κ3) is 5.45. The molecule has 0 radical (unpaired) electrons. The van der Waals surface area contributed by atoms with Gasteiger partial charge >= 0.3 is 0 Å². The summed E-state index contributed by atoms with van der Waals surface area (Å²) >= 11 is 3.62. The number of hydrogen-bond donors (Lipinski definition) is 2. The van der Waals surface area contributed by atoms with Gasteiger partial charge in [-0.05, 0) is 31.0 Å². The molecule has 0 aliphatic carbocycles. The van der Waals surface area contributed by atoms with Gasteiger partial charge in [0.25, 0.3) is 0 Å². The minimum atomic E-state index is 0.123. The van der Waals surface area contributed by atoms with Crippen molar-refractivity contribution in [3.05, 3.63) is 88.4 Å². The molecular formula is C22H26BrN5. The first-order valence-corrected chi connectivity index (χ1v) is 10.3. The van der Waals surface area contributed by atoms with E-state index in [9.17, 15) is 0 Å². The fourth-order valence-corrected chi connectivity index (χ4v) is 3.62. The Morgan fingerprint density at radius 2 is 1.89 bits per heavy atom. The van der Waals surface area contributed by atoms with Crippen LogP contribution in [0.15, 0.2) is 76.5 Å². The van der Waals surface area contributed by atoms with E-state index in [0.29, 0.717) is 6.54 Å². The van der Waals surface area contributed by atoms with Crippen molar-refractivity contribution in [1.82, 2.24) is 20.2 Å². The van der Waals surface area contributed by atoms with Crippen LogP contribution in [0.4, 0.5) is 0 Å². The first-order valence-electron chi connectivity index (χ1n) is 9.50. The van der Waals surface area contributed by atoms with Crippen molar-refractivity contribution in [2.75, 3.05) is 6.54 Å². The molecule has 1 unspecified atom stereocenters. The summed E-state index contributed by atoms with van der Waals surface area (Å²) in [6, 6.07) is 18.7. The van der Waals surface area contributed by atoms with Crippen LogP contribution in [0.2, 0.25) is 0 Å². The number of imidazole rings is 1. The maximum Gasteiger partial charge on any atom is 0.192 e. The highest BCUT2D eigenvalue weighted by Gasteiger charge is 2.11. The molecule has 0 fully saturated rings. The predicted octanol–water partition coefficient (Wildman–Crippen LogP) is 4.51. The van der Waals surface area contributed by atoms with E-state index >= 15 is 0 Å². The zero-order valence-corrected chi connectivity index (χ0v) is 17.9. The highest BCUT2D eigenvalue weighted by Crippen LogP contribution is 2.22. The van der Waals surface area contributed by atoms with Gasteiger partial charge in [0.15, 0.2) is 5.96 Å². The molecule has 0 saturated heterocycles. The summed E-state index contributed by atoms with van der Waals surface area (Å²) in [5, 5.41) is 6.80. The molecule has 28 heavy (non-hydrogen) atoms. The lowest BCUT2D eigenvalue weighted by molar-refractivity contribution is 0.675. The molecule has 1 heterocycles. The van der Waals surface area contributed by atoms with Crippen molar-refractivity contribution in [1.29, 1.82) is 0 Å². The third-order valence-electron chi connectivity index (χ3n) is 4.45. The van der Waals surface area contributed by atoms with Crippen LogP contribution < -0.4 is 10.6 Å². The Kier molecular flexibility index (Phi) is 7.25. The van der Waals surface area contributed by atoms with Crippen LogP contribution in [-0.4, -0.2) is 22.1 Å². The number of nitrogens with one attached hydrogen (secondary N) is 2. The Morgan fingerprint density at radius 1 is 1.14 bits per heavy atom. The third-order valence-corrected chi connectivity index (χ3v) is 5.17. The second-order valence-corrected chi connectivity index (χ2v) is 7.39. The molecule has 2 N–H and O–H groups in total. The van der Waals surface area contributed by atoms with Crippen LogP contribution >= 0.6 is 15.9 Å². The molecule has 0 amide bonds. The van der Waals surface area contributed by atoms with Crippen molar-refractivity contribution in [2.24, 2.45) is 4.99 Å². The zero-order chi connectivity index (χ0) is 19.8. The fourth-order valence-electron chi connectivity index (χ4n) is 2.99. The van der Waals surface area contributed by atoms with Crippen molar-refractivity contribution in [3.8, 4) is 0 Å². The Bertz CT molecular complexity index is 904. The van der Waals surface area contributed by atoms with Gasteiger partial charge in [0.05, 0.1) is 6.04 Å². The van der Waals surface area contributed by atoms with Gasteiger partial charge in [0.2, 0.25) is 0 Å². The summed E-state index contributed by atoms with van der Waals surface area (Å²) in [5.41, 5.74) is 2.44. The second-order valence-electron chi connectivity index (χ2n) is 6.54. The molecule has 146 valence electrons. The zero-order valence-electron chi connectivity index (χ0n) is 16.3. The average Bonchev–Trinajstić information content (AvgIpc) is 3.14. The highest BCUT2D eigenvalue weighted by atomic mass is 79.9. The van der Waals surface area contributed by atoms with E-state index in [1.54, 1.807) is 0 Å². The molecule has 0 aliphatic heterocycles. The Hall–Kier alpha value is -2.60. The number of benzene rings is 2. The summed E-state index contributed by atoms with van der Waals surface area (Å²) in [5.74, 6) is 1.72. The fraction of sp³-hybridized carbons (Fsp3) is 0.273. The van der Waals surface area contributed by atoms with Gasteiger partial charge in [0.1, 0.15) is 12.4 Å². The monoisotopic (exact) mass is 439 g/mol. The van der Waals surface area contributed by atoms with Crippen molar-refractivity contribution >= 4 is 21.9 Å². The molecule has 3 aromatic rings. The molecule has 1 atom stereocenters. The van der Waals surface area contributed by atoms with Gasteiger partial charge in [-0.15, -0.1) is 0 Å². The highest BCUT2D eigenvalue weighted by molar-refractivity contribution is 9.10. The van der Waals surface area contributed by atoms with Crippen LogP contribution in [0.5, 0.6) is 0 Å². The van der Waals surface area contributed by atoms with Crippen LogP contribution in [0.1, 0.15) is 36.8 Å². The lowest BCUT2D eigenvalue weighted by Gasteiger charge is -2.19. The molecule has 5 nitrogen and oxygen atoms in total. The average molecular weight is 440 g/mol. The van der Waals surface area contributed by atoms with Crippen molar-refractivity contribution in [3.63, 3.8) is 0 Å². The Morgan fingerprint density at radius 3 is 2.64 bits per heavy atom. The lowest BCUT2D eigenvalue weighted by atomic mass is 10.1. The van der Waals surface area contributed by atoms with E-state index in [1.807, 2.05) is 30.6 Å².